The van der Waals surface area contributed by atoms with E-state index < -0.39 is 0 Å². The maximum absolute atomic E-state index is 4.29. The molecule has 0 unspecified atom stereocenters. The minimum Gasteiger partial charge on any atom is -0.384 e. The van der Waals surface area contributed by atoms with E-state index in [4.69, 9.17) is 0 Å². The average molecular weight is 294 g/mol. The van der Waals surface area contributed by atoms with Crippen LogP contribution in [0.4, 0.5) is 5.69 Å². The largest absolute Gasteiger partial charge is 0.384 e. The van der Waals surface area contributed by atoms with Gasteiger partial charge in [-0.2, -0.15) is 0 Å². The molecule has 0 spiro atoms. The van der Waals surface area contributed by atoms with Crippen LogP contribution in [0.25, 0.3) is 0 Å². The number of aryl methyl sites for hydroxylation is 2. The molecular formula is C13H16BrN3. The summed E-state index contributed by atoms with van der Waals surface area (Å²) in [5.41, 5.74) is 2.39. The summed E-state index contributed by atoms with van der Waals surface area (Å²) in [6.45, 7) is 2.97. The number of nitrogens with zero attached hydrogens (tertiary/aromatic N) is 2. The van der Waals surface area contributed by atoms with E-state index >= 15 is 0 Å². The molecule has 0 bridgehead atoms. The van der Waals surface area contributed by atoms with Gasteiger partial charge >= 0.3 is 0 Å². The van der Waals surface area contributed by atoms with Crippen LogP contribution in [-0.4, -0.2) is 16.1 Å². The number of hydrogen-bond donors (Lipinski definition) is 1. The Hall–Kier alpha value is -1.29. The van der Waals surface area contributed by atoms with Gasteiger partial charge in [-0.3, -0.25) is 0 Å². The van der Waals surface area contributed by atoms with E-state index in [1.54, 1.807) is 0 Å². The van der Waals surface area contributed by atoms with Crippen LogP contribution in [0.5, 0.6) is 0 Å². The molecular weight excluding hydrogens is 278 g/mol. The minimum absolute atomic E-state index is 0.881. The van der Waals surface area contributed by atoms with Gasteiger partial charge in [0, 0.05) is 42.6 Å². The second-order valence-electron chi connectivity index (χ2n) is 4.11. The monoisotopic (exact) mass is 293 g/mol. The van der Waals surface area contributed by atoms with Crippen LogP contribution < -0.4 is 5.32 Å². The summed E-state index contributed by atoms with van der Waals surface area (Å²) in [5, 5.41) is 3.41. The van der Waals surface area contributed by atoms with Gasteiger partial charge in [-0.1, -0.05) is 6.07 Å². The van der Waals surface area contributed by atoms with Gasteiger partial charge in [0.25, 0.3) is 0 Å². The second-order valence-corrected chi connectivity index (χ2v) is 4.97. The first-order valence-electron chi connectivity index (χ1n) is 5.63. The van der Waals surface area contributed by atoms with Gasteiger partial charge in [0.2, 0.25) is 0 Å². The molecule has 1 aromatic heterocycles. The number of imidazole rings is 1. The molecule has 1 aromatic carbocycles. The molecule has 90 valence electrons. The van der Waals surface area contributed by atoms with Crippen molar-refractivity contribution in [3.63, 3.8) is 0 Å². The van der Waals surface area contributed by atoms with E-state index in [-0.39, 0.29) is 0 Å². The summed E-state index contributed by atoms with van der Waals surface area (Å²) in [4.78, 5) is 4.29. The van der Waals surface area contributed by atoms with Crippen molar-refractivity contribution in [2.45, 2.75) is 13.3 Å². The van der Waals surface area contributed by atoms with Crippen molar-refractivity contribution in [3.05, 3.63) is 46.5 Å². The molecule has 0 saturated carbocycles. The molecule has 0 aliphatic rings. The maximum atomic E-state index is 4.29. The van der Waals surface area contributed by atoms with Gasteiger partial charge in [-0.05, 0) is 40.5 Å². The molecule has 4 heteroatoms. The molecule has 17 heavy (non-hydrogen) atoms. The molecule has 2 rings (SSSR count). The molecule has 0 radical (unpaired) electrons. The Balaban J connectivity index is 1.92. The lowest BCUT2D eigenvalue weighted by Crippen LogP contribution is -2.08. The van der Waals surface area contributed by atoms with E-state index in [0.717, 1.165) is 29.0 Å². The SMILES string of the molecule is Cc1ccc(NCCc2nccn2C)c(Br)c1. The van der Waals surface area contributed by atoms with E-state index in [1.165, 1.54) is 5.56 Å². The van der Waals surface area contributed by atoms with E-state index in [9.17, 15) is 0 Å². The zero-order chi connectivity index (χ0) is 12.3. The van der Waals surface area contributed by atoms with Gasteiger partial charge < -0.3 is 9.88 Å². The fourth-order valence-electron chi connectivity index (χ4n) is 1.71. The smallest absolute Gasteiger partial charge is 0.110 e. The zero-order valence-electron chi connectivity index (χ0n) is 10.1. The third-order valence-electron chi connectivity index (χ3n) is 2.71. The van der Waals surface area contributed by atoms with Crippen LogP contribution in [0, 0.1) is 6.92 Å². The van der Waals surface area contributed by atoms with Crippen molar-refractivity contribution in [1.82, 2.24) is 9.55 Å². The second kappa shape index (κ2) is 5.36. The number of anilines is 1. The first-order valence-corrected chi connectivity index (χ1v) is 6.42. The predicted octanol–water partition coefficient (Wildman–Crippen LogP) is 3.15. The molecule has 0 aliphatic carbocycles. The van der Waals surface area contributed by atoms with Crippen LogP contribution in [0.2, 0.25) is 0 Å². The third-order valence-corrected chi connectivity index (χ3v) is 3.37. The van der Waals surface area contributed by atoms with Crippen molar-refractivity contribution in [3.8, 4) is 0 Å². The fourth-order valence-corrected chi connectivity index (χ4v) is 2.34. The molecule has 1 N–H and O–H groups in total. The van der Waals surface area contributed by atoms with E-state index in [1.807, 2.05) is 24.0 Å². The average Bonchev–Trinajstić information content (AvgIpc) is 2.68. The summed E-state index contributed by atoms with van der Waals surface area (Å²) in [6, 6.07) is 6.31. The number of halogens is 1. The third kappa shape index (κ3) is 3.09. The normalized spacial score (nSPS) is 10.5. The quantitative estimate of drug-likeness (QED) is 0.939. The van der Waals surface area contributed by atoms with Crippen molar-refractivity contribution in [1.29, 1.82) is 0 Å². The Bertz CT molecular complexity index is 505. The lowest BCUT2D eigenvalue weighted by Gasteiger charge is -2.09. The van der Waals surface area contributed by atoms with Gasteiger partial charge in [0.1, 0.15) is 5.82 Å². The van der Waals surface area contributed by atoms with Crippen LogP contribution in [0.3, 0.4) is 0 Å². The number of nitrogens with one attached hydrogen (secondary N) is 1. The Labute approximate surface area is 110 Å². The summed E-state index contributed by atoms with van der Waals surface area (Å²) in [5.74, 6) is 1.10. The zero-order valence-corrected chi connectivity index (χ0v) is 11.7. The van der Waals surface area contributed by atoms with Crippen LogP contribution in [-0.2, 0) is 13.5 Å². The van der Waals surface area contributed by atoms with Crippen LogP contribution in [0.15, 0.2) is 35.1 Å². The molecule has 2 aromatic rings. The Morgan fingerprint density at radius 1 is 1.41 bits per heavy atom. The van der Waals surface area contributed by atoms with Gasteiger partial charge in [0.05, 0.1) is 0 Å². The molecule has 0 aliphatic heterocycles. The minimum atomic E-state index is 0.881. The van der Waals surface area contributed by atoms with Crippen molar-refractivity contribution in [2.24, 2.45) is 7.05 Å². The molecule has 0 amide bonds. The maximum Gasteiger partial charge on any atom is 0.110 e. The van der Waals surface area contributed by atoms with Crippen LogP contribution >= 0.6 is 15.9 Å². The molecule has 0 atom stereocenters. The van der Waals surface area contributed by atoms with Gasteiger partial charge in [0.15, 0.2) is 0 Å². The van der Waals surface area contributed by atoms with E-state index in [2.05, 4.69) is 51.4 Å². The standard InChI is InChI=1S/C13H16BrN3/c1-10-3-4-12(11(14)9-10)15-6-5-13-16-7-8-17(13)2/h3-4,7-9,15H,5-6H2,1-2H3. The van der Waals surface area contributed by atoms with Crippen molar-refractivity contribution in [2.75, 3.05) is 11.9 Å². The summed E-state index contributed by atoms with van der Waals surface area (Å²) in [7, 11) is 2.02. The molecule has 0 fully saturated rings. The number of hydrogen-bond acceptors (Lipinski definition) is 2. The highest BCUT2D eigenvalue weighted by Gasteiger charge is 2.01. The molecule has 3 nitrogen and oxygen atoms in total. The first-order chi connectivity index (χ1) is 8.16. The number of benzene rings is 1. The summed E-state index contributed by atoms with van der Waals surface area (Å²) in [6.07, 6.45) is 4.72. The predicted molar refractivity (Wildman–Crippen MR) is 74.3 cm³/mol. The highest BCUT2D eigenvalue weighted by atomic mass is 79.9. The van der Waals surface area contributed by atoms with Crippen molar-refractivity contribution >= 4 is 21.6 Å². The highest BCUT2D eigenvalue weighted by Crippen LogP contribution is 2.23. The molecule has 1 heterocycles. The van der Waals surface area contributed by atoms with Crippen molar-refractivity contribution < 1.29 is 0 Å². The summed E-state index contributed by atoms with van der Waals surface area (Å²) >= 11 is 3.56. The Morgan fingerprint density at radius 2 is 2.24 bits per heavy atom. The Kier molecular flexibility index (Phi) is 3.84. The molecule has 0 saturated heterocycles. The topological polar surface area (TPSA) is 29.9 Å². The number of aromatic nitrogens is 2. The van der Waals surface area contributed by atoms with Gasteiger partial charge in [-0.15, -0.1) is 0 Å². The van der Waals surface area contributed by atoms with Crippen LogP contribution in [0.1, 0.15) is 11.4 Å². The number of rotatable bonds is 4. The fraction of sp³-hybridized carbons (Fsp3) is 0.308. The first kappa shape index (κ1) is 12.2. The lowest BCUT2D eigenvalue weighted by atomic mass is 10.2. The highest BCUT2D eigenvalue weighted by molar-refractivity contribution is 9.10. The van der Waals surface area contributed by atoms with E-state index in [0.29, 0.717) is 0 Å². The summed E-state index contributed by atoms with van der Waals surface area (Å²) < 4.78 is 3.16. The van der Waals surface area contributed by atoms with Gasteiger partial charge in [-0.25, -0.2) is 4.98 Å². The lowest BCUT2D eigenvalue weighted by molar-refractivity contribution is 0.789. The Morgan fingerprint density at radius 3 is 2.88 bits per heavy atom.